The van der Waals surface area contributed by atoms with Gasteiger partial charge in [0.25, 0.3) is 0 Å². The van der Waals surface area contributed by atoms with Crippen LogP contribution in [0.5, 0.6) is 0 Å². The van der Waals surface area contributed by atoms with E-state index in [0.717, 1.165) is 18.7 Å². The molecule has 1 heterocycles. The van der Waals surface area contributed by atoms with Crippen molar-refractivity contribution >= 4 is 0 Å². The summed E-state index contributed by atoms with van der Waals surface area (Å²) in [6.07, 6.45) is 2.50. The average Bonchev–Trinajstić information content (AvgIpc) is 2.50. The van der Waals surface area contributed by atoms with Gasteiger partial charge in [0.15, 0.2) is 0 Å². The standard InChI is InChI=1S/C11H21N3O/c1-9(2)6-11(15)8-12-7-10-4-5-14(3)13-10/h4-5,9,11-12,15H,6-8H2,1-3H3. The third kappa shape index (κ3) is 4.95. The highest BCUT2D eigenvalue weighted by atomic mass is 16.3. The van der Waals surface area contributed by atoms with Gasteiger partial charge in [-0.3, -0.25) is 4.68 Å². The van der Waals surface area contributed by atoms with E-state index in [0.29, 0.717) is 12.5 Å². The van der Waals surface area contributed by atoms with Crippen LogP contribution in [0.25, 0.3) is 0 Å². The average molecular weight is 211 g/mol. The van der Waals surface area contributed by atoms with Gasteiger partial charge in [-0.15, -0.1) is 0 Å². The van der Waals surface area contributed by atoms with E-state index in [1.165, 1.54) is 0 Å². The third-order valence-electron chi connectivity index (χ3n) is 2.20. The van der Waals surface area contributed by atoms with E-state index in [1.54, 1.807) is 4.68 Å². The highest BCUT2D eigenvalue weighted by Crippen LogP contribution is 2.03. The van der Waals surface area contributed by atoms with Crippen LogP contribution in [0.2, 0.25) is 0 Å². The van der Waals surface area contributed by atoms with Crippen LogP contribution in [0, 0.1) is 5.92 Å². The summed E-state index contributed by atoms with van der Waals surface area (Å²) in [5.41, 5.74) is 1.01. The molecule has 1 aromatic heterocycles. The maximum absolute atomic E-state index is 9.61. The predicted molar refractivity (Wildman–Crippen MR) is 60.4 cm³/mol. The van der Waals surface area contributed by atoms with Crippen LogP contribution in [0.1, 0.15) is 26.0 Å². The van der Waals surface area contributed by atoms with E-state index >= 15 is 0 Å². The zero-order valence-electron chi connectivity index (χ0n) is 9.77. The number of rotatable bonds is 6. The van der Waals surface area contributed by atoms with Gasteiger partial charge in [-0.2, -0.15) is 5.10 Å². The number of nitrogens with one attached hydrogen (secondary N) is 1. The minimum absolute atomic E-state index is 0.256. The van der Waals surface area contributed by atoms with Crippen LogP contribution in [-0.4, -0.2) is 27.5 Å². The second-order valence-electron chi connectivity index (χ2n) is 4.40. The molecule has 0 saturated heterocycles. The topological polar surface area (TPSA) is 50.1 Å². The van der Waals surface area contributed by atoms with E-state index in [1.807, 2.05) is 19.3 Å². The van der Waals surface area contributed by atoms with Crippen LogP contribution in [-0.2, 0) is 13.6 Å². The summed E-state index contributed by atoms with van der Waals surface area (Å²) >= 11 is 0. The first kappa shape index (κ1) is 12.2. The van der Waals surface area contributed by atoms with Crippen LogP contribution in [0.15, 0.2) is 12.3 Å². The molecule has 0 fully saturated rings. The lowest BCUT2D eigenvalue weighted by molar-refractivity contribution is 0.146. The van der Waals surface area contributed by atoms with Gasteiger partial charge < -0.3 is 10.4 Å². The fourth-order valence-corrected chi connectivity index (χ4v) is 1.55. The Kier molecular flexibility index (Phi) is 4.78. The van der Waals surface area contributed by atoms with Crippen LogP contribution < -0.4 is 5.32 Å². The molecular formula is C11H21N3O. The van der Waals surface area contributed by atoms with Gasteiger partial charge >= 0.3 is 0 Å². The molecule has 0 bridgehead atoms. The molecule has 4 heteroatoms. The Balaban J connectivity index is 2.16. The van der Waals surface area contributed by atoms with E-state index in [2.05, 4.69) is 24.3 Å². The molecule has 0 aromatic carbocycles. The Bertz CT molecular complexity index is 283. The lowest BCUT2D eigenvalue weighted by Gasteiger charge is -2.13. The summed E-state index contributed by atoms with van der Waals surface area (Å²) in [5.74, 6) is 0.539. The summed E-state index contributed by atoms with van der Waals surface area (Å²) in [7, 11) is 1.90. The molecule has 1 aromatic rings. The maximum atomic E-state index is 9.61. The second kappa shape index (κ2) is 5.88. The Morgan fingerprint density at radius 3 is 2.80 bits per heavy atom. The van der Waals surface area contributed by atoms with Gasteiger partial charge in [0.05, 0.1) is 11.8 Å². The summed E-state index contributed by atoms with van der Waals surface area (Å²) in [5, 5.41) is 17.0. The normalized spacial score (nSPS) is 13.4. The van der Waals surface area contributed by atoms with Crippen molar-refractivity contribution in [2.45, 2.75) is 32.9 Å². The van der Waals surface area contributed by atoms with Gasteiger partial charge in [0, 0.05) is 26.3 Å². The zero-order valence-corrected chi connectivity index (χ0v) is 9.77. The van der Waals surface area contributed by atoms with Crippen molar-refractivity contribution in [2.24, 2.45) is 13.0 Å². The smallest absolute Gasteiger partial charge is 0.0762 e. The Labute approximate surface area is 91.3 Å². The van der Waals surface area contributed by atoms with E-state index in [-0.39, 0.29) is 6.10 Å². The highest BCUT2D eigenvalue weighted by molar-refractivity contribution is 4.97. The maximum Gasteiger partial charge on any atom is 0.0762 e. The Morgan fingerprint density at radius 2 is 2.27 bits per heavy atom. The van der Waals surface area contributed by atoms with Gasteiger partial charge in [-0.25, -0.2) is 0 Å². The van der Waals surface area contributed by atoms with Crippen molar-refractivity contribution < 1.29 is 5.11 Å². The fourth-order valence-electron chi connectivity index (χ4n) is 1.55. The molecule has 0 aliphatic carbocycles. The van der Waals surface area contributed by atoms with Crippen LogP contribution in [0.3, 0.4) is 0 Å². The molecule has 0 spiro atoms. The van der Waals surface area contributed by atoms with Crippen molar-refractivity contribution in [1.82, 2.24) is 15.1 Å². The largest absolute Gasteiger partial charge is 0.392 e. The number of hydrogen-bond acceptors (Lipinski definition) is 3. The molecule has 86 valence electrons. The van der Waals surface area contributed by atoms with Crippen molar-refractivity contribution in [3.8, 4) is 0 Å². The Morgan fingerprint density at radius 1 is 1.53 bits per heavy atom. The first-order chi connectivity index (χ1) is 7.08. The molecule has 1 rings (SSSR count). The van der Waals surface area contributed by atoms with Crippen molar-refractivity contribution in [2.75, 3.05) is 6.54 Å². The van der Waals surface area contributed by atoms with E-state index < -0.39 is 0 Å². The van der Waals surface area contributed by atoms with Gasteiger partial charge in [-0.05, 0) is 18.4 Å². The number of aliphatic hydroxyl groups excluding tert-OH is 1. The third-order valence-corrected chi connectivity index (χ3v) is 2.20. The van der Waals surface area contributed by atoms with Gasteiger partial charge in [0.2, 0.25) is 0 Å². The molecule has 0 aliphatic rings. The summed E-state index contributed by atoms with van der Waals surface area (Å²) in [6, 6.07) is 1.97. The second-order valence-corrected chi connectivity index (χ2v) is 4.40. The first-order valence-corrected chi connectivity index (χ1v) is 5.45. The molecular weight excluding hydrogens is 190 g/mol. The van der Waals surface area contributed by atoms with E-state index in [9.17, 15) is 5.11 Å². The number of aliphatic hydroxyl groups is 1. The first-order valence-electron chi connectivity index (χ1n) is 5.45. The lowest BCUT2D eigenvalue weighted by atomic mass is 10.1. The monoisotopic (exact) mass is 211 g/mol. The molecule has 0 radical (unpaired) electrons. The predicted octanol–water partition coefficient (Wildman–Crippen LogP) is 0.917. The van der Waals surface area contributed by atoms with Crippen LogP contribution in [0.4, 0.5) is 0 Å². The zero-order chi connectivity index (χ0) is 11.3. The number of nitrogens with zero attached hydrogens (tertiary/aromatic N) is 2. The van der Waals surface area contributed by atoms with Gasteiger partial charge in [0.1, 0.15) is 0 Å². The highest BCUT2D eigenvalue weighted by Gasteiger charge is 2.06. The summed E-state index contributed by atoms with van der Waals surface area (Å²) in [4.78, 5) is 0. The molecule has 0 amide bonds. The minimum atomic E-state index is -0.256. The fraction of sp³-hybridized carbons (Fsp3) is 0.727. The summed E-state index contributed by atoms with van der Waals surface area (Å²) < 4.78 is 1.78. The minimum Gasteiger partial charge on any atom is -0.392 e. The SMILES string of the molecule is CC(C)CC(O)CNCc1ccn(C)n1. The molecule has 1 atom stereocenters. The number of aromatic nitrogens is 2. The number of hydrogen-bond donors (Lipinski definition) is 2. The molecule has 1 unspecified atom stereocenters. The molecule has 2 N–H and O–H groups in total. The van der Waals surface area contributed by atoms with Gasteiger partial charge in [-0.1, -0.05) is 13.8 Å². The molecule has 15 heavy (non-hydrogen) atoms. The molecule has 0 saturated carbocycles. The van der Waals surface area contributed by atoms with Crippen molar-refractivity contribution in [3.63, 3.8) is 0 Å². The van der Waals surface area contributed by atoms with E-state index in [4.69, 9.17) is 0 Å². The quantitative estimate of drug-likeness (QED) is 0.735. The number of aryl methyl sites for hydroxylation is 1. The lowest BCUT2D eigenvalue weighted by Crippen LogP contribution is -2.27. The Hall–Kier alpha value is -0.870. The molecule has 0 aliphatic heterocycles. The van der Waals surface area contributed by atoms with Crippen LogP contribution >= 0.6 is 0 Å². The molecule has 4 nitrogen and oxygen atoms in total. The summed E-state index contributed by atoms with van der Waals surface area (Å²) in [6.45, 7) is 5.58. The van der Waals surface area contributed by atoms with Crippen molar-refractivity contribution in [3.05, 3.63) is 18.0 Å². The van der Waals surface area contributed by atoms with Crippen molar-refractivity contribution in [1.29, 1.82) is 0 Å².